The highest BCUT2D eigenvalue weighted by molar-refractivity contribution is 5.37. The summed E-state index contributed by atoms with van der Waals surface area (Å²) >= 11 is 0. The average molecular weight is 248 g/mol. The van der Waals surface area contributed by atoms with Crippen molar-refractivity contribution < 1.29 is 14.6 Å². The van der Waals surface area contributed by atoms with Crippen molar-refractivity contribution in [2.45, 2.75) is 6.10 Å². The van der Waals surface area contributed by atoms with Crippen LogP contribution < -0.4 is 4.74 Å². The molecular weight excluding hydrogens is 232 g/mol. The van der Waals surface area contributed by atoms with Crippen LogP contribution in [0.4, 0.5) is 0 Å². The second-order valence-corrected chi connectivity index (χ2v) is 3.76. The fourth-order valence-corrected chi connectivity index (χ4v) is 1.65. The highest BCUT2D eigenvalue weighted by atomic mass is 16.5. The second-order valence-electron chi connectivity index (χ2n) is 3.76. The lowest BCUT2D eigenvalue weighted by molar-refractivity contribution is 0.142. The number of aliphatic hydroxyl groups is 1. The van der Waals surface area contributed by atoms with Crippen molar-refractivity contribution in [3.05, 3.63) is 48.0 Å². The average Bonchev–Trinajstić information content (AvgIpc) is 2.93. The minimum Gasteiger partial charge on any atom is -0.491 e. The standard InChI is InChI=1S/C13H16N2O3/c1-17-8-9-18-11-5-3-2-4-10(11)12(16)13-14-6-7-15-13/h2-7,12,16H,8-9H2,1H3,(H,14,15). The molecule has 1 aromatic carbocycles. The quantitative estimate of drug-likeness (QED) is 0.760. The van der Waals surface area contributed by atoms with Gasteiger partial charge < -0.3 is 19.6 Å². The minimum absolute atomic E-state index is 0.443. The van der Waals surface area contributed by atoms with E-state index in [2.05, 4.69) is 9.97 Å². The van der Waals surface area contributed by atoms with Crippen LogP contribution in [0.25, 0.3) is 0 Å². The molecule has 0 saturated heterocycles. The third-order valence-corrected chi connectivity index (χ3v) is 2.54. The SMILES string of the molecule is COCCOc1ccccc1C(O)c1ncc[nH]1. The van der Waals surface area contributed by atoms with E-state index in [0.29, 0.717) is 30.4 Å². The number of imidazole rings is 1. The normalized spacial score (nSPS) is 12.3. The molecule has 0 aliphatic rings. The number of H-pyrrole nitrogens is 1. The number of nitrogens with zero attached hydrogens (tertiary/aromatic N) is 1. The Morgan fingerprint density at radius 3 is 2.89 bits per heavy atom. The van der Waals surface area contributed by atoms with Crippen molar-refractivity contribution >= 4 is 0 Å². The van der Waals surface area contributed by atoms with Gasteiger partial charge in [0.05, 0.1) is 6.61 Å². The predicted octanol–water partition coefficient (Wildman–Crippen LogP) is 1.52. The predicted molar refractivity (Wildman–Crippen MR) is 66.5 cm³/mol. The molecule has 2 aromatic rings. The van der Waals surface area contributed by atoms with E-state index < -0.39 is 6.10 Å². The molecule has 1 atom stereocenters. The fraction of sp³-hybridized carbons (Fsp3) is 0.308. The van der Waals surface area contributed by atoms with Gasteiger partial charge in [0.15, 0.2) is 0 Å². The number of hydrogen-bond acceptors (Lipinski definition) is 4. The van der Waals surface area contributed by atoms with Gasteiger partial charge in [-0.05, 0) is 6.07 Å². The molecule has 1 aromatic heterocycles. The fourth-order valence-electron chi connectivity index (χ4n) is 1.65. The molecule has 96 valence electrons. The van der Waals surface area contributed by atoms with E-state index in [1.165, 1.54) is 0 Å². The second kappa shape index (κ2) is 6.18. The van der Waals surface area contributed by atoms with E-state index in [0.717, 1.165) is 0 Å². The number of nitrogens with one attached hydrogen (secondary N) is 1. The summed E-state index contributed by atoms with van der Waals surface area (Å²) in [5.74, 6) is 1.14. The van der Waals surface area contributed by atoms with Gasteiger partial charge in [0.1, 0.15) is 24.3 Å². The Morgan fingerprint density at radius 2 is 2.17 bits per heavy atom. The molecule has 18 heavy (non-hydrogen) atoms. The van der Waals surface area contributed by atoms with E-state index in [4.69, 9.17) is 9.47 Å². The monoisotopic (exact) mass is 248 g/mol. The number of aromatic amines is 1. The van der Waals surface area contributed by atoms with Crippen LogP contribution in [-0.4, -0.2) is 35.4 Å². The molecule has 0 amide bonds. The van der Waals surface area contributed by atoms with Gasteiger partial charge in [-0.3, -0.25) is 0 Å². The molecule has 0 bridgehead atoms. The van der Waals surface area contributed by atoms with Gasteiger partial charge in [-0.2, -0.15) is 0 Å². The number of benzene rings is 1. The zero-order valence-corrected chi connectivity index (χ0v) is 10.2. The Hall–Kier alpha value is -1.85. The van der Waals surface area contributed by atoms with Gasteiger partial charge in [0, 0.05) is 25.1 Å². The number of ether oxygens (including phenoxy) is 2. The molecule has 1 heterocycles. The summed E-state index contributed by atoms with van der Waals surface area (Å²) in [7, 11) is 1.62. The van der Waals surface area contributed by atoms with Gasteiger partial charge in [-0.1, -0.05) is 18.2 Å². The van der Waals surface area contributed by atoms with Gasteiger partial charge >= 0.3 is 0 Å². The zero-order chi connectivity index (χ0) is 12.8. The maximum Gasteiger partial charge on any atom is 0.140 e. The number of para-hydroxylation sites is 1. The Labute approximate surface area is 105 Å². The van der Waals surface area contributed by atoms with Crippen molar-refractivity contribution in [1.82, 2.24) is 9.97 Å². The van der Waals surface area contributed by atoms with Crippen LogP contribution in [0.1, 0.15) is 17.5 Å². The van der Waals surface area contributed by atoms with Gasteiger partial charge in [-0.15, -0.1) is 0 Å². The Kier molecular flexibility index (Phi) is 4.33. The molecule has 0 saturated carbocycles. The van der Waals surface area contributed by atoms with Crippen LogP contribution in [0.2, 0.25) is 0 Å². The lowest BCUT2D eigenvalue weighted by Crippen LogP contribution is -2.09. The van der Waals surface area contributed by atoms with Crippen molar-refractivity contribution in [1.29, 1.82) is 0 Å². The number of rotatable bonds is 6. The van der Waals surface area contributed by atoms with Crippen LogP contribution in [0.15, 0.2) is 36.7 Å². The summed E-state index contributed by atoms with van der Waals surface area (Å²) in [4.78, 5) is 6.93. The third-order valence-electron chi connectivity index (χ3n) is 2.54. The molecule has 2 rings (SSSR count). The summed E-state index contributed by atoms with van der Waals surface area (Å²) in [6, 6.07) is 7.34. The highest BCUT2D eigenvalue weighted by Crippen LogP contribution is 2.27. The lowest BCUT2D eigenvalue weighted by atomic mass is 10.1. The number of methoxy groups -OCH3 is 1. The van der Waals surface area contributed by atoms with E-state index in [1.54, 1.807) is 19.5 Å². The molecule has 0 aliphatic carbocycles. The molecule has 1 unspecified atom stereocenters. The minimum atomic E-state index is -0.821. The molecular formula is C13H16N2O3. The van der Waals surface area contributed by atoms with Crippen LogP contribution in [0.3, 0.4) is 0 Å². The van der Waals surface area contributed by atoms with Crippen molar-refractivity contribution in [2.75, 3.05) is 20.3 Å². The molecule has 0 radical (unpaired) electrons. The summed E-state index contributed by atoms with van der Waals surface area (Å²) in [5.41, 5.74) is 0.684. The van der Waals surface area contributed by atoms with Crippen molar-refractivity contribution in [3.63, 3.8) is 0 Å². The highest BCUT2D eigenvalue weighted by Gasteiger charge is 2.17. The Morgan fingerprint density at radius 1 is 1.33 bits per heavy atom. The van der Waals surface area contributed by atoms with Crippen LogP contribution in [0, 0.1) is 0 Å². The van der Waals surface area contributed by atoms with Crippen molar-refractivity contribution in [2.24, 2.45) is 0 Å². The zero-order valence-electron chi connectivity index (χ0n) is 10.2. The molecule has 2 N–H and O–H groups in total. The van der Waals surface area contributed by atoms with Gasteiger partial charge in [0.25, 0.3) is 0 Å². The summed E-state index contributed by atoms with van der Waals surface area (Å²) in [6.45, 7) is 0.948. The van der Waals surface area contributed by atoms with Crippen LogP contribution in [-0.2, 0) is 4.74 Å². The first-order valence-corrected chi connectivity index (χ1v) is 5.71. The van der Waals surface area contributed by atoms with E-state index in [9.17, 15) is 5.11 Å². The summed E-state index contributed by atoms with van der Waals surface area (Å²) in [6.07, 6.45) is 2.46. The summed E-state index contributed by atoms with van der Waals surface area (Å²) < 4.78 is 10.5. The Bertz CT molecular complexity index is 471. The lowest BCUT2D eigenvalue weighted by Gasteiger charge is -2.14. The molecule has 0 fully saturated rings. The van der Waals surface area contributed by atoms with Crippen LogP contribution in [0.5, 0.6) is 5.75 Å². The van der Waals surface area contributed by atoms with E-state index in [1.807, 2.05) is 24.3 Å². The first kappa shape index (κ1) is 12.6. The van der Waals surface area contributed by atoms with Gasteiger partial charge in [0.2, 0.25) is 0 Å². The smallest absolute Gasteiger partial charge is 0.140 e. The van der Waals surface area contributed by atoms with Crippen molar-refractivity contribution in [3.8, 4) is 5.75 Å². The van der Waals surface area contributed by atoms with Gasteiger partial charge in [-0.25, -0.2) is 4.98 Å². The topological polar surface area (TPSA) is 67.4 Å². The maximum atomic E-state index is 10.2. The largest absolute Gasteiger partial charge is 0.491 e. The Balaban J connectivity index is 2.16. The number of aliphatic hydroxyl groups excluding tert-OH is 1. The van der Waals surface area contributed by atoms with Crippen LogP contribution >= 0.6 is 0 Å². The van der Waals surface area contributed by atoms with E-state index in [-0.39, 0.29) is 0 Å². The maximum absolute atomic E-state index is 10.2. The summed E-state index contributed by atoms with van der Waals surface area (Å²) in [5, 5.41) is 10.2. The third kappa shape index (κ3) is 2.88. The first-order chi connectivity index (χ1) is 8.83. The molecule has 0 aliphatic heterocycles. The molecule has 5 heteroatoms. The number of hydrogen-bond donors (Lipinski definition) is 2. The first-order valence-electron chi connectivity index (χ1n) is 5.71. The van der Waals surface area contributed by atoms with E-state index >= 15 is 0 Å². The molecule has 5 nitrogen and oxygen atoms in total. The number of aromatic nitrogens is 2. The molecule has 0 spiro atoms.